The molecule has 0 unspecified atom stereocenters. The summed E-state index contributed by atoms with van der Waals surface area (Å²) in [5.41, 5.74) is 1.06. The molecule has 0 saturated carbocycles. The Morgan fingerprint density at radius 3 is 2.46 bits per heavy atom. The Morgan fingerprint density at radius 1 is 1.15 bits per heavy atom. The molecule has 7 nitrogen and oxygen atoms in total. The minimum absolute atomic E-state index is 0.00500. The van der Waals surface area contributed by atoms with Crippen LogP contribution >= 0.6 is 0 Å². The molecule has 0 radical (unpaired) electrons. The highest BCUT2D eigenvalue weighted by Gasteiger charge is 2.32. The molecule has 1 aromatic carbocycles. The zero-order valence-corrected chi connectivity index (χ0v) is 15.5. The summed E-state index contributed by atoms with van der Waals surface area (Å²) in [5, 5.41) is 0. The van der Waals surface area contributed by atoms with E-state index in [0.29, 0.717) is 32.8 Å². The van der Waals surface area contributed by atoms with Crippen LogP contribution in [-0.4, -0.2) is 85.6 Å². The van der Waals surface area contributed by atoms with Gasteiger partial charge >= 0.3 is 0 Å². The molecule has 2 heterocycles. The Balaban J connectivity index is 1.53. The molecule has 0 N–H and O–H groups in total. The smallest absolute Gasteiger partial charge is 0.242 e. The van der Waals surface area contributed by atoms with Crippen LogP contribution in [0.25, 0.3) is 0 Å². The Labute approximate surface area is 154 Å². The third-order valence-corrected chi connectivity index (χ3v) is 5.11. The van der Waals surface area contributed by atoms with E-state index in [0.717, 1.165) is 24.4 Å². The number of benzene rings is 1. The zero-order chi connectivity index (χ0) is 18.5. The first-order chi connectivity index (χ1) is 12.6. The van der Waals surface area contributed by atoms with E-state index in [2.05, 4.69) is 4.90 Å². The zero-order valence-electron chi connectivity index (χ0n) is 15.5. The third kappa shape index (κ3) is 4.34. The second kappa shape index (κ2) is 8.51. The SMILES string of the molecule is COc1ccc(CN2CCN(C(=O)[C@H](C)N3CCOCC3)CC2=O)cc1. The Kier molecular flexibility index (Phi) is 6.11. The first-order valence-electron chi connectivity index (χ1n) is 9.10. The van der Waals surface area contributed by atoms with Crippen molar-refractivity contribution in [3.63, 3.8) is 0 Å². The molecular weight excluding hydrogens is 334 g/mol. The largest absolute Gasteiger partial charge is 0.497 e. The second-order valence-electron chi connectivity index (χ2n) is 6.75. The van der Waals surface area contributed by atoms with Crippen molar-refractivity contribution in [2.24, 2.45) is 0 Å². The van der Waals surface area contributed by atoms with Crippen molar-refractivity contribution in [2.45, 2.75) is 19.5 Å². The maximum atomic E-state index is 12.7. The number of amides is 2. The fraction of sp³-hybridized carbons (Fsp3) is 0.579. The third-order valence-electron chi connectivity index (χ3n) is 5.11. The fourth-order valence-corrected chi connectivity index (χ4v) is 3.40. The number of carbonyl (C=O) groups excluding carboxylic acids is 2. The van der Waals surface area contributed by atoms with E-state index < -0.39 is 0 Å². The van der Waals surface area contributed by atoms with Crippen LogP contribution in [0, 0.1) is 0 Å². The van der Waals surface area contributed by atoms with Gasteiger partial charge in [-0.15, -0.1) is 0 Å². The Hall–Kier alpha value is -2.12. The molecule has 0 bridgehead atoms. The molecule has 142 valence electrons. The van der Waals surface area contributed by atoms with Gasteiger partial charge < -0.3 is 19.3 Å². The predicted octanol–water partition coefficient (Wildman–Crippen LogP) is 0.587. The van der Waals surface area contributed by atoms with Gasteiger partial charge in [-0.05, 0) is 24.6 Å². The van der Waals surface area contributed by atoms with Gasteiger partial charge in [0.15, 0.2) is 0 Å². The van der Waals surface area contributed by atoms with Crippen LogP contribution < -0.4 is 4.74 Å². The summed E-state index contributed by atoms with van der Waals surface area (Å²) in [4.78, 5) is 30.9. The van der Waals surface area contributed by atoms with Crippen molar-refractivity contribution < 1.29 is 19.1 Å². The molecule has 0 aliphatic carbocycles. The van der Waals surface area contributed by atoms with Gasteiger partial charge in [0.25, 0.3) is 0 Å². The quantitative estimate of drug-likeness (QED) is 0.768. The molecule has 2 aliphatic heterocycles. The van der Waals surface area contributed by atoms with Crippen molar-refractivity contribution in [1.82, 2.24) is 14.7 Å². The highest BCUT2D eigenvalue weighted by atomic mass is 16.5. The van der Waals surface area contributed by atoms with Crippen LogP contribution in [0.1, 0.15) is 12.5 Å². The van der Waals surface area contributed by atoms with E-state index in [9.17, 15) is 9.59 Å². The predicted molar refractivity (Wildman–Crippen MR) is 96.8 cm³/mol. The van der Waals surface area contributed by atoms with Crippen LogP contribution in [0.4, 0.5) is 0 Å². The molecule has 26 heavy (non-hydrogen) atoms. The fourth-order valence-electron chi connectivity index (χ4n) is 3.40. The number of hydrogen-bond donors (Lipinski definition) is 0. The van der Waals surface area contributed by atoms with E-state index in [4.69, 9.17) is 9.47 Å². The summed E-state index contributed by atoms with van der Waals surface area (Å²) in [6, 6.07) is 7.50. The number of methoxy groups -OCH3 is 1. The van der Waals surface area contributed by atoms with Gasteiger partial charge in [0.05, 0.1) is 32.9 Å². The standard InChI is InChI=1S/C19H27N3O4/c1-15(20-9-11-26-12-10-20)19(24)22-8-7-21(18(23)14-22)13-16-3-5-17(25-2)6-4-16/h3-6,15H,7-14H2,1-2H3/t15-/m0/s1. The van der Waals surface area contributed by atoms with Crippen LogP contribution in [0.3, 0.4) is 0 Å². The second-order valence-corrected chi connectivity index (χ2v) is 6.75. The molecule has 3 rings (SSSR count). The van der Waals surface area contributed by atoms with E-state index in [1.165, 1.54) is 0 Å². The van der Waals surface area contributed by atoms with Gasteiger partial charge in [-0.1, -0.05) is 12.1 Å². The average Bonchev–Trinajstić information content (AvgIpc) is 2.69. The molecule has 2 saturated heterocycles. The number of carbonyl (C=O) groups is 2. The lowest BCUT2D eigenvalue weighted by molar-refractivity contribution is -0.149. The minimum Gasteiger partial charge on any atom is -0.497 e. The minimum atomic E-state index is -0.208. The van der Waals surface area contributed by atoms with Crippen molar-refractivity contribution in [3.8, 4) is 5.75 Å². The number of ether oxygens (including phenoxy) is 2. The molecule has 1 aromatic rings. The summed E-state index contributed by atoms with van der Waals surface area (Å²) in [6.07, 6.45) is 0. The molecule has 2 amide bonds. The van der Waals surface area contributed by atoms with Gasteiger partial charge in [0.2, 0.25) is 11.8 Å². The average molecular weight is 361 g/mol. The monoisotopic (exact) mass is 361 g/mol. The Morgan fingerprint density at radius 2 is 1.85 bits per heavy atom. The lowest BCUT2D eigenvalue weighted by Gasteiger charge is -2.38. The van der Waals surface area contributed by atoms with Gasteiger partial charge in [-0.25, -0.2) is 0 Å². The number of morpholine rings is 1. The van der Waals surface area contributed by atoms with Crippen LogP contribution in [-0.2, 0) is 20.9 Å². The molecule has 1 atom stereocenters. The number of piperazine rings is 1. The van der Waals surface area contributed by atoms with Crippen LogP contribution in [0.15, 0.2) is 24.3 Å². The molecule has 0 spiro atoms. The Bertz CT molecular complexity index is 628. The highest BCUT2D eigenvalue weighted by Crippen LogP contribution is 2.16. The first kappa shape index (κ1) is 18.7. The van der Waals surface area contributed by atoms with Crippen molar-refractivity contribution >= 4 is 11.8 Å². The summed E-state index contributed by atoms with van der Waals surface area (Å²) >= 11 is 0. The molecule has 2 fully saturated rings. The highest BCUT2D eigenvalue weighted by molar-refractivity contribution is 5.88. The van der Waals surface area contributed by atoms with Crippen molar-refractivity contribution in [2.75, 3.05) is 53.0 Å². The van der Waals surface area contributed by atoms with Gasteiger partial charge in [-0.3, -0.25) is 14.5 Å². The summed E-state index contributed by atoms with van der Waals surface area (Å²) in [6.45, 7) is 6.62. The number of nitrogens with zero attached hydrogens (tertiary/aromatic N) is 3. The normalized spacial score (nSPS) is 20.2. The molecule has 7 heteroatoms. The van der Waals surface area contributed by atoms with Gasteiger partial charge in [-0.2, -0.15) is 0 Å². The van der Waals surface area contributed by atoms with Crippen LogP contribution in [0.5, 0.6) is 5.75 Å². The lowest BCUT2D eigenvalue weighted by atomic mass is 10.1. The number of rotatable bonds is 5. The van der Waals surface area contributed by atoms with Gasteiger partial charge in [0, 0.05) is 32.7 Å². The topological polar surface area (TPSA) is 62.3 Å². The van der Waals surface area contributed by atoms with E-state index in [1.807, 2.05) is 36.1 Å². The van der Waals surface area contributed by atoms with Crippen LogP contribution in [0.2, 0.25) is 0 Å². The summed E-state index contributed by atoms with van der Waals surface area (Å²) in [5.74, 6) is 0.825. The van der Waals surface area contributed by atoms with E-state index >= 15 is 0 Å². The van der Waals surface area contributed by atoms with Crippen molar-refractivity contribution in [3.05, 3.63) is 29.8 Å². The lowest BCUT2D eigenvalue weighted by Crippen LogP contribution is -2.57. The summed E-state index contributed by atoms with van der Waals surface area (Å²) in [7, 11) is 1.63. The molecule has 2 aliphatic rings. The molecule has 0 aromatic heterocycles. The summed E-state index contributed by atoms with van der Waals surface area (Å²) < 4.78 is 10.5. The van der Waals surface area contributed by atoms with Crippen molar-refractivity contribution in [1.29, 1.82) is 0 Å². The number of hydrogen-bond acceptors (Lipinski definition) is 5. The maximum absolute atomic E-state index is 12.7. The van der Waals surface area contributed by atoms with E-state index in [1.54, 1.807) is 12.0 Å². The van der Waals surface area contributed by atoms with E-state index in [-0.39, 0.29) is 24.4 Å². The van der Waals surface area contributed by atoms with Gasteiger partial charge in [0.1, 0.15) is 5.75 Å². The molecular formula is C19H27N3O4. The first-order valence-corrected chi connectivity index (χ1v) is 9.10. The maximum Gasteiger partial charge on any atom is 0.242 e.